The highest BCUT2D eigenvalue weighted by atomic mass is 16.5. The van der Waals surface area contributed by atoms with Crippen molar-refractivity contribution in [2.45, 2.75) is 6.32 Å². The smallest absolute Gasteiger partial charge is 0.147 e. The zero-order chi connectivity index (χ0) is 3.54. The van der Waals surface area contributed by atoms with Crippen molar-refractivity contribution in [1.82, 2.24) is 0 Å². The van der Waals surface area contributed by atoms with Crippen LogP contribution in [0.25, 0.3) is 0 Å². The van der Waals surface area contributed by atoms with Gasteiger partial charge in [-0.1, -0.05) is 6.32 Å². The van der Waals surface area contributed by atoms with Gasteiger partial charge in [0, 0.05) is 13.1 Å². The van der Waals surface area contributed by atoms with Crippen LogP contribution in [0.15, 0.2) is 0 Å². The Hall–Kier alpha value is -0.0151. The zero-order valence-electron chi connectivity index (χ0n) is 3.61. The maximum absolute atomic E-state index is 4.89. The number of hydrogen-bond donors (Lipinski definition) is 0. The summed E-state index contributed by atoms with van der Waals surface area (Å²) in [5.41, 5.74) is 0. The van der Waals surface area contributed by atoms with Crippen molar-refractivity contribution in [3.05, 3.63) is 0 Å². The van der Waals surface area contributed by atoms with E-state index in [1.54, 1.807) is 0 Å². The fourth-order valence-corrected chi connectivity index (χ4v) is 0.417. The fourth-order valence-electron chi connectivity index (χ4n) is 0.417. The molecule has 2 nitrogen and oxygen atoms in total. The molecule has 1 radical (unpaired) electrons. The van der Waals surface area contributed by atoms with Crippen molar-refractivity contribution in [1.29, 1.82) is 0 Å². The normalized spacial score (nSPS) is 18.7. The molecular weight excluding hydrogens is 78.8 g/mol. The molecule has 2 N–H and O–H groups in total. The molecule has 1 aliphatic rings. The molecule has 0 aromatic carbocycles. The molecule has 0 spiro atoms. The minimum atomic E-state index is 0. The molecule has 0 amide bonds. The van der Waals surface area contributed by atoms with Gasteiger partial charge in [0.2, 0.25) is 0 Å². The van der Waals surface area contributed by atoms with Crippen molar-refractivity contribution in [3.63, 3.8) is 0 Å². The van der Waals surface area contributed by atoms with Crippen molar-refractivity contribution in [2.75, 3.05) is 13.1 Å². The number of ether oxygens (including phenoxy) is 1. The Morgan fingerprint density at radius 2 is 2.33 bits per heavy atom. The van der Waals surface area contributed by atoms with Gasteiger partial charge in [0.25, 0.3) is 0 Å². The molecule has 1 rings (SSSR count). The summed E-state index contributed by atoms with van der Waals surface area (Å²) in [6, 6.07) is 0. The standard InChI is InChI=1S/C3H6BO.H2O/c1-2-5-3-4-1;/h1-3H2;1H2. The molecule has 35 valence electrons. The van der Waals surface area contributed by atoms with E-state index in [1.807, 2.05) is 0 Å². The van der Waals surface area contributed by atoms with Gasteiger partial charge in [0.1, 0.15) is 7.28 Å². The first kappa shape index (κ1) is 5.98. The number of rotatable bonds is 0. The summed E-state index contributed by atoms with van der Waals surface area (Å²) in [5, 5.41) is 0. The van der Waals surface area contributed by atoms with Crippen LogP contribution in [0.5, 0.6) is 0 Å². The Morgan fingerprint density at radius 3 is 2.50 bits per heavy atom. The van der Waals surface area contributed by atoms with Gasteiger partial charge in [-0.2, -0.15) is 0 Å². The van der Waals surface area contributed by atoms with Crippen molar-refractivity contribution >= 4 is 7.28 Å². The third-order valence-electron chi connectivity index (χ3n) is 0.702. The van der Waals surface area contributed by atoms with E-state index in [9.17, 15) is 0 Å². The molecular formula is C3H8BO2. The van der Waals surface area contributed by atoms with Gasteiger partial charge in [-0.25, -0.2) is 0 Å². The zero-order valence-corrected chi connectivity index (χ0v) is 3.61. The van der Waals surface area contributed by atoms with Gasteiger partial charge >= 0.3 is 0 Å². The summed E-state index contributed by atoms with van der Waals surface area (Å²) >= 11 is 0. The molecule has 3 heteroatoms. The fraction of sp³-hybridized carbons (Fsp3) is 1.00. The van der Waals surface area contributed by atoms with Crippen LogP contribution < -0.4 is 0 Å². The van der Waals surface area contributed by atoms with E-state index < -0.39 is 0 Å². The maximum atomic E-state index is 4.89. The molecule has 0 saturated carbocycles. The van der Waals surface area contributed by atoms with Crippen molar-refractivity contribution in [3.8, 4) is 0 Å². The lowest BCUT2D eigenvalue weighted by Crippen LogP contribution is -1.83. The van der Waals surface area contributed by atoms with E-state index in [4.69, 9.17) is 4.74 Å². The SMILES string of the molecule is O.[B]1CCOC1. The van der Waals surface area contributed by atoms with Crippen LogP contribution in [0.3, 0.4) is 0 Å². The summed E-state index contributed by atoms with van der Waals surface area (Å²) in [6.07, 6.45) is 1.15. The van der Waals surface area contributed by atoms with Crippen LogP contribution in [0.2, 0.25) is 6.32 Å². The summed E-state index contributed by atoms with van der Waals surface area (Å²) < 4.78 is 4.89. The molecule has 0 atom stereocenters. The third kappa shape index (κ3) is 1.43. The first-order valence-corrected chi connectivity index (χ1v) is 1.89. The van der Waals surface area contributed by atoms with Crippen LogP contribution >= 0.6 is 0 Å². The minimum absolute atomic E-state index is 0. The Labute approximate surface area is 38.0 Å². The van der Waals surface area contributed by atoms with Crippen molar-refractivity contribution < 1.29 is 10.2 Å². The Bertz CT molecular complexity index is 20.4. The lowest BCUT2D eigenvalue weighted by atomic mass is 9.79. The molecule has 1 aliphatic heterocycles. The third-order valence-corrected chi connectivity index (χ3v) is 0.702. The van der Waals surface area contributed by atoms with Crippen LogP contribution in [-0.2, 0) is 4.74 Å². The van der Waals surface area contributed by atoms with E-state index in [2.05, 4.69) is 7.28 Å². The van der Waals surface area contributed by atoms with Crippen LogP contribution in [-0.4, -0.2) is 25.9 Å². The quantitative estimate of drug-likeness (QED) is 0.359. The molecule has 1 fully saturated rings. The summed E-state index contributed by atoms with van der Waals surface area (Å²) in [6.45, 7) is 1.82. The van der Waals surface area contributed by atoms with Gasteiger partial charge in [-0.05, 0) is 0 Å². The lowest BCUT2D eigenvalue weighted by molar-refractivity contribution is 0.214. The van der Waals surface area contributed by atoms with Crippen molar-refractivity contribution in [2.24, 2.45) is 0 Å². The van der Waals surface area contributed by atoms with E-state index in [0.29, 0.717) is 0 Å². The van der Waals surface area contributed by atoms with Gasteiger partial charge in [0.15, 0.2) is 0 Å². The van der Waals surface area contributed by atoms with Gasteiger partial charge < -0.3 is 10.2 Å². The van der Waals surface area contributed by atoms with Gasteiger partial charge in [-0.3, -0.25) is 0 Å². The van der Waals surface area contributed by atoms with E-state index in [0.717, 1.165) is 19.4 Å². The predicted molar refractivity (Wildman–Crippen MR) is 25.0 cm³/mol. The molecule has 6 heavy (non-hydrogen) atoms. The van der Waals surface area contributed by atoms with Crippen LogP contribution in [0.1, 0.15) is 0 Å². The summed E-state index contributed by atoms with van der Waals surface area (Å²) in [7, 11) is 2.14. The van der Waals surface area contributed by atoms with E-state index in [1.165, 1.54) is 0 Å². The van der Waals surface area contributed by atoms with Gasteiger partial charge in [-0.15, -0.1) is 0 Å². The lowest BCUT2D eigenvalue weighted by Gasteiger charge is -1.77. The largest absolute Gasteiger partial charge is 0.412 e. The molecule has 1 saturated heterocycles. The van der Waals surface area contributed by atoms with Crippen LogP contribution in [0, 0.1) is 0 Å². The second-order valence-corrected chi connectivity index (χ2v) is 1.15. The maximum Gasteiger partial charge on any atom is 0.147 e. The first-order chi connectivity index (χ1) is 2.50. The highest BCUT2D eigenvalue weighted by Gasteiger charge is 1.97. The summed E-state index contributed by atoms with van der Waals surface area (Å²) in [5.74, 6) is 0. The average molecular weight is 86.9 g/mol. The number of hydrogen-bond acceptors (Lipinski definition) is 1. The second-order valence-electron chi connectivity index (χ2n) is 1.15. The van der Waals surface area contributed by atoms with E-state index in [-0.39, 0.29) is 5.48 Å². The molecule has 1 heterocycles. The monoisotopic (exact) mass is 87.1 g/mol. The Balaban J connectivity index is 0.000000250. The average Bonchev–Trinajstić information content (AvgIpc) is 1.76. The van der Waals surface area contributed by atoms with Gasteiger partial charge in [0.05, 0.1) is 0 Å². The predicted octanol–water partition coefficient (Wildman–Crippen LogP) is -0.728. The summed E-state index contributed by atoms with van der Waals surface area (Å²) in [4.78, 5) is 0. The molecule has 0 aromatic rings. The topological polar surface area (TPSA) is 40.7 Å². The first-order valence-electron chi connectivity index (χ1n) is 1.89. The molecule has 0 bridgehead atoms. The second kappa shape index (κ2) is 3.19. The molecule has 0 aliphatic carbocycles. The Kier molecular flexibility index (Phi) is 3.18. The highest BCUT2D eigenvalue weighted by Crippen LogP contribution is 1.89. The molecule has 0 unspecified atom stereocenters. The highest BCUT2D eigenvalue weighted by molar-refractivity contribution is 6.36. The Morgan fingerprint density at radius 1 is 1.50 bits per heavy atom. The van der Waals surface area contributed by atoms with Crippen LogP contribution in [0.4, 0.5) is 0 Å². The minimum Gasteiger partial charge on any atom is -0.412 e. The molecule has 0 aromatic heterocycles. The van der Waals surface area contributed by atoms with E-state index >= 15 is 0 Å².